The second-order valence-corrected chi connectivity index (χ2v) is 5.69. The standard InChI is InChI=1S/C14H24ClN3O/c15-8-3-5-14-12-18(17-16-14)9-2-1-4-13-6-10-19-11-7-13/h12-13H,1-11H2. The van der Waals surface area contributed by atoms with Crippen LogP contribution in [0.3, 0.4) is 0 Å². The van der Waals surface area contributed by atoms with E-state index < -0.39 is 0 Å². The van der Waals surface area contributed by atoms with Crippen molar-refractivity contribution in [3.8, 4) is 0 Å². The molecule has 0 amide bonds. The van der Waals surface area contributed by atoms with E-state index in [0.717, 1.165) is 44.2 Å². The molecule has 19 heavy (non-hydrogen) atoms. The lowest BCUT2D eigenvalue weighted by Gasteiger charge is -2.21. The fourth-order valence-electron chi connectivity index (χ4n) is 2.55. The van der Waals surface area contributed by atoms with Crippen molar-refractivity contribution in [2.24, 2.45) is 5.92 Å². The van der Waals surface area contributed by atoms with Gasteiger partial charge in [0.2, 0.25) is 0 Å². The number of aromatic nitrogens is 3. The molecule has 0 bridgehead atoms. The summed E-state index contributed by atoms with van der Waals surface area (Å²) >= 11 is 5.67. The highest BCUT2D eigenvalue weighted by molar-refractivity contribution is 6.17. The molecule has 5 heteroatoms. The molecule has 0 aromatic carbocycles. The Balaban J connectivity index is 1.58. The van der Waals surface area contributed by atoms with Gasteiger partial charge in [-0.3, -0.25) is 4.68 Å². The molecular formula is C14H24ClN3O. The molecular weight excluding hydrogens is 262 g/mol. The molecule has 1 aliphatic rings. The van der Waals surface area contributed by atoms with E-state index >= 15 is 0 Å². The highest BCUT2D eigenvalue weighted by Gasteiger charge is 2.12. The van der Waals surface area contributed by atoms with E-state index in [1.807, 2.05) is 4.68 Å². The van der Waals surface area contributed by atoms with Crippen molar-refractivity contribution in [3.63, 3.8) is 0 Å². The van der Waals surface area contributed by atoms with E-state index in [4.69, 9.17) is 16.3 Å². The van der Waals surface area contributed by atoms with Crippen molar-refractivity contribution in [1.82, 2.24) is 15.0 Å². The Morgan fingerprint density at radius 3 is 2.89 bits per heavy atom. The zero-order valence-corrected chi connectivity index (χ0v) is 12.3. The lowest BCUT2D eigenvalue weighted by atomic mass is 9.94. The number of rotatable bonds is 8. The first-order valence-electron chi connectivity index (χ1n) is 7.41. The lowest BCUT2D eigenvalue weighted by molar-refractivity contribution is 0.0630. The van der Waals surface area contributed by atoms with Crippen LogP contribution in [0.5, 0.6) is 0 Å². The average Bonchev–Trinajstić information content (AvgIpc) is 2.90. The summed E-state index contributed by atoms with van der Waals surface area (Å²) in [5.41, 5.74) is 1.06. The molecule has 0 spiro atoms. The van der Waals surface area contributed by atoms with Crippen LogP contribution in [-0.4, -0.2) is 34.1 Å². The minimum Gasteiger partial charge on any atom is -0.381 e. The summed E-state index contributed by atoms with van der Waals surface area (Å²) in [7, 11) is 0. The number of ether oxygens (including phenoxy) is 1. The predicted molar refractivity (Wildman–Crippen MR) is 76.5 cm³/mol. The maximum absolute atomic E-state index is 5.67. The van der Waals surface area contributed by atoms with Crippen molar-refractivity contribution in [3.05, 3.63) is 11.9 Å². The van der Waals surface area contributed by atoms with Crippen molar-refractivity contribution in [1.29, 1.82) is 0 Å². The molecule has 0 radical (unpaired) electrons. The van der Waals surface area contributed by atoms with Gasteiger partial charge in [-0.2, -0.15) is 0 Å². The molecule has 2 rings (SSSR count). The zero-order valence-electron chi connectivity index (χ0n) is 11.6. The van der Waals surface area contributed by atoms with E-state index in [-0.39, 0.29) is 0 Å². The van der Waals surface area contributed by atoms with E-state index in [9.17, 15) is 0 Å². The number of aryl methyl sites for hydroxylation is 2. The van der Waals surface area contributed by atoms with Crippen LogP contribution in [0.15, 0.2) is 6.20 Å². The molecule has 1 aromatic rings. The minimum atomic E-state index is 0.692. The third-order valence-corrected chi connectivity index (χ3v) is 4.01. The van der Waals surface area contributed by atoms with Gasteiger partial charge in [0.1, 0.15) is 0 Å². The van der Waals surface area contributed by atoms with Crippen molar-refractivity contribution < 1.29 is 4.74 Å². The molecule has 1 fully saturated rings. The number of nitrogens with zero attached hydrogens (tertiary/aromatic N) is 3. The highest BCUT2D eigenvalue weighted by atomic mass is 35.5. The van der Waals surface area contributed by atoms with Gasteiger partial charge in [0.25, 0.3) is 0 Å². The molecule has 0 aliphatic carbocycles. The molecule has 4 nitrogen and oxygen atoms in total. The van der Waals surface area contributed by atoms with E-state index in [0.29, 0.717) is 5.88 Å². The van der Waals surface area contributed by atoms with Crippen molar-refractivity contribution >= 4 is 11.6 Å². The molecule has 0 unspecified atom stereocenters. The molecule has 108 valence electrons. The third-order valence-electron chi connectivity index (χ3n) is 3.74. The molecule has 1 aliphatic heterocycles. The van der Waals surface area contributed by atoms with Gasteiger partial charge in [-0.25, -0.2) is 0 Å². The quantitative estimate of drug-likeness (QED) is 0.544. The van der Waals surface area contributed by atoms with Gasteiger partial charge < -0.3 is 4.74 Å². The smallest absolute Gasteiger partial charge is 0.0827 e. The maximum atomic E-state index is 5.67. The normalized spacial score (nSPS) is 16.9. The average molecular weight is 286 g/mol. The Morgan fingerprint density at radius 2 is 2.11 bits per heavy atom. The highest BCUT2D eigenvalue weighted by Crippen LogP contribution is 2.20. The Hall–Kier alpha value is -0.610. The molecule has 0 N–H and O–H groups in total. The number of halogens is 1. The number of hydrogen-bond acceptors (Lipinski definition) is 3. The Bertz CT molecular complexity index is 350. The van der Waals surface area contributed by atoms with Crippen LogP contribution in [0.2, 0.25) is 0 Å². The maximum Gasteiger partial charge on any atom is 0.0827 e. The second kappa shape index (κ2) is 8.54. The lowest BCUT2D eigenvalue weighted by Crippen LogP contribution is -2.15. The first-order valence-corrected chi connectivity index (χ1v) is 7.94. The van der Waals surface area contributed by atoms with Gasteiger partial charge in [-0.15, -0.1) is 16.7 Å². The van der Waals surface area contributed by atoms with Crippen LogP contribution >= 0.6 is 11.6 Å². The monoisotopic (exact) mass is 285 g/mol. The third kappa shape index (κ3) is 5.49. The Labute approximate surface area is 120 Å². The van der Waals surface area contributed by atoms with E-state index in [2.05, 4.69) is 16.5 Å². The van der Waals surface area contributed by atoms with Crippen LogP contribution < -0.4 is 0 Å². The van der Waals surface area contributed by atoms with Crippen LogP contribution in [-0.2, 0) is 17.7 Å². The van der Waals surface area contributed by atoms with Crippen molar-refractivity contribution in [2.75, 3.05) is 19.1 Å². The number of alkyl halides is 1. The van der Waals surface area contributed by atoms with Crippen molar-refractivity contribution in [2.45, 2.75) is 51.5 Å². The molecule has 2 heterocycles. The molecule has 0 saturated carbocycles. The zero-order chi connectivity index (χ0) is 13.3. The number of hydrogen-bond donors (Lipinski definition) is 0. The molecule has 1 saturated heterocycles. The van der Waals surface area contributed by atoms with Gasteiger partial charge in [-0.05, 0) is 38.0 Å². The summed E-state index contributed by atoms with van der Waals surface area (Å²) < 4.78 is 7.34. The topological polar surface area (TPSA) is 39.9 Å². The first kappa shape index (κ1) is 14.8. The summed E-state index contributed by atoms with van der Waals surface area (Å²) in [5, 5.41) is 8.32. The predicted octanol–water partition coefficient (Wildman–Crippen LogP) is 3.05. The summed E-state index contributed by atoms with van der Waals surface area (Å²) in [6.45, 7) is 2.90. The van der Waals surface area contributed by atoms with E-state index in [1.165, 1.54) is 32.1 Å². The van der Waals surface area contributed by atoms with Gasteiger partial charge >= 0.3 is 0 Å². The first-order chi connectivity index (χ1) is 9.38. The van der Waals surface area contributed by atoms with Crippen LogP contribution in [0.1, 0.15) is 44.2 Å². The Kier molecular flexibility index (Phi) is 6.65. The van der Waals surface area contributed by atoms with Gasteiger partial charge in [0, 0.05) is 31.8 Å². The largest absolute Gasteiger partial charge is 0.381 e. The van der Waals surface area contributed by atoms with Crippen LogP contribution in [0.25, 0.3) is 0 Å². The number of unbranched alkanes of at least 4 members (excludes halogenated alkanes) is 1. The van der Waals surface area contributed by atoms with E-state index in [1.54, 1.807) is 0 Å². The van der Waals surface area contributed by atoms with Gasteiger partial charge in [0.15, 0.2) is 0 Å². The summed E-state index contributed by atoms with van der Waals surface area (Å²) in [5.74, 6) is 1.57. The van der Waals surface area contributed by atoms with Gasteiger partial charge in [0.05, 0.1) is 5.69 Å². The Morgan fingerprint density at radius 1 is 1.26 bits per heavy atom. The summed E-state index contributed by atoms with van der Waals surface area (Å²) in [4.78, 5) is 0. The summed E-state index contributed by atoms with van der Waals surface area (Å²) in [6.07, 6.45) is 10.3. The molecule has 0 atom stereocenters. The SMILES string of the molecule is ClCCCc1cn(CCCCC2CCOCC2)nn1. The fourth-order valence-corrected chi connectivity index (χ4v) is 2.69. The fraction of sp³-hybridized carbons (Fsp3) is 0.857. The molecule has 1 aromatic heterocycles. The summed E-state index contributed by atoms with van der Waals surface area (Å²) in [6, 6.07) is 0. The second-order valence-electron chi connectivity index (χ2n) is 5.32. The van der Waals surface area contributed by atoms with Crippen LogP contribution in [0.4, 0.5) is 0 Å². The van der Waals surface area contributed by atoms with Gasteiger partial charge in [-0.1, -0.05) is 18.1 Å². The van der Waals surface area contributed by atoms with Crippen LogP contribution in [0, 0.1) is 5.92 Å². The minimum absolute atomic E-state index is 0.692.